The molecule has 0 aliphatic carbocycles. The van der Waals surface area contributed by atoms with Gasteiger partial charge < -0.3 is 19.9 Å². The molecule has 0 bridgehead atoms. The predicted octanol–water partition coefficient (Wildman–Crippen LogP) is 2.76. The molecule has 2 N–H and O–H groups in total. The van der Waals surface area contributed by atoms with Crippen LogP contribution < -0.4 is 14.8 Å². The Morgan fingerprint density at radius 1 is 1.21 bits per heavy atom. The maximum Gasteiger partial charge on any atom is 0.325 e. The molecule has 1 fully saturated rings. The SMILES string of the molecule is C[C@@]1(Cc2ccc3c(c2)OCO3)NC(=O)N(C[C@@H](O)c2cccc(Br)c2)C1=O. The van der Waals surface area contributed by atoms with Gasteiger partial charge in [0.25, 0.3) is 5.91 Å². The van der Waals surface area contributed by atoms with E-state index >= 15 is 0 Å². The van der Waals surface area contributed by atoms with Crippen LogP contribution in [0.5, 0.6) is 11.5 Å². The zero-order valence-corrected chi connectivity index (χ0v) is 16.7. The van der Waals surface area contributed by atoms with Crippen LogP contribution in [0.1, 0.15) is 24.2 Å². The minimum Gasteiger partial charge on any atom is -0.454 e. The summed E-state index contributed by atoms with van der Waals surface area (Å²) in [7, 11) is 0. The largest absolute Gasteiger partial charge is 0.454 e. The Morgan fingerprint density at radius 2 is 2.00 bits per heavy atom. The second-order valence-corrected chi connectivity index (χ2v) is 8.03. The molecule has 2 heterocycles. The third-order valence-electron chi connectivity index (χ3n) is 4.93. The van der Waals surface area contributed by atoms with Crippen LogP contribution in [0.2, 0.25) is 0 Å². The van der Waals surface area contributed by atoms with E-state index in [1.54, 1.807) is 31.2 Å². The van der Waals surface area contributed by atoms with Crippen molar-refractivity contribution >= 4 is 27.9 Å². The minimum atomic E-state index is -1.10. The fourth-order valence-corrected chi connectivity index (χ4v) is 3.90. The molecule has 0 spiro atoms. The first-order valence-corrected chi connectivity index (χ1v) is 9.61. The number of ether oxygens (including phenoxy) is 2. The smallest absolute Gasteiger partial charge is 0.325 e. The van der Waals surface area contributed by atoms with Crippen molar-refractivity contribution in [1.82, 2.24) is 10.2 Å². The Labute approximate surface area is 170 Å². The number of nitrogens with one attached hydrogen (secondary N) is 1. The van der Waals surface area contributed by atoms with E-state index in [1.165, 1.54) is 0 Å². The molecule has 8 heteroatoms. The zero-order valence-electron chi connectivity index (χ0n) is 15.1. The van der Waals surface area contributed by atoms with Gasteiger partial charge in [-0.3, -0.25) is 9.69 Å². The average molecular weight is 447 g/mol. The summed E-state index contributed by atoms with van der Waals surface area (Å²) >= 11 is 3.35. The first-order chi connectivity index (χ1) is 13.4. The van der Waals surface area contributed by atoms with Crippen molar-refractivity contribution in [3.8, 4) is 11.5 Å². The number of imide groups is 1. The van der Waals surface area contributed by atoms with Crippen molar-refractivity contribution in [3.63, 3.8) is 0 Å². The molecule has 2 aromatic carbocycles. The van der Waals surface area contributed by atoms with Crippen LogP contribution in [0.15, 0.2) is 46.9 Å². The van der Waals surface area contributed by atoms with Gasteiger partial charge in [0.05, 0.1) is 12.6 Å². The van der Waals surface area contributed by atoms with Gasteiger partial charge >= 0.3 is 6.03 Å². The van der Waals surface area contributed by atoms with Crippen LogP contribution in [0.25, 0.3) is 0 Å². The summed E-state index contributed by atoms with van der Waals surface area (Å²) in [5.74, 6) is 0.915. The molecule has 0 saturated carbocycles. The van der Waals surface area contributed by atoms with Crippen molar-refractivity contribution in [2.45, 2.75) is 25.0 Å². The molecule has 2 aromatic rings. The summed E-state index contributed by atoms with van der Waals surface area (Å²) in [4.78, 5) is 26.5. The number of β-amino-alcohol motifs (C(OH)–C–C–N with tert-alkyl or cyclic N) is 1. The number of nitrogens with zero attached hydrogens (tertiary/aromatic N) is 1. The third-order valence-corrected chi connectivity index (χ3v) is 5.42. The molecule has 28 heavy (non-hydrogen) atoms. The summed E-state index contributed by atoms with van der Waals surface area (Å²) in [5.41, 5.74) is 0.371. The van der Waals surface area contributed by atoms with E-state index in [9.17, 15) is 14.7 Å². The number of carbonyl (C=O) groups excluding carboxylic acids is 2. The van der Waals surface area contributed by atoms with Crippen LogP contribution in [-0.2, 0) is 11.2 Å². The number of amides is 3. The summed E-state index contributed by atoms with van der Waals surface area (Å²) in [5, 5.41) is 13.2. The van der Waals surface area contributed by atoms with E-state index in [0.29, 0.717) is 23.5 Å². The number of hydrogen-bond acceptors (Lipinski definition) is 5. The number of hydrogen-bond donors (Lipinski definition) is 2. The fourth-order valence-electron chi connectivity index (χ4n) is 3.48. The maximum atomic E-state index is 13.0. The molecular formula is C20H19BrN2O5. The molecule has 1 saturated heterocycles. The van der Waals surface area contributed by atoms with Crippen molar-refractivity contribution in [2.24, 2.45) is 0 Å². The second-order valence-electron chi connectivity index (χ2n) is 7.11. The van der Waals surface area contributed by atoms with E-state index in [4.69, 9.17) is 9.47 Å². The fraction of sp³-hybridized carbons (Fsp3) is 0.300. The molecule has 0 radical (unpaired) electrons. The highest BCUT2D eigenvalue weighted by Gasteiger charge is 2.48. The predicted molar refractivity (Wildman–Crippen MR) is 104 cm³/mol. The molecule has 0 unspecified atom stereocenters. The van der Waals surface area contributed by atoms with Crippen molar-refractivity contribution in [2.75, 3.05) is 13.3 Å². The summed E-state index contributed by atoms with van der Waals surface area (Å²) in [6.45, 7) is 1.74. The van der Waals surface area contributed by atoms with Gasteiger partial charge in [-0.15, -0.1) is 0 Å². The summed E-state index contributed by atoms with van der Waals surface area (Å²) in [6, 6.07) is 12.1. The number of rotatable bonds is 5. The molecule has 0 aromatic heterocycles. The van der Waals surface area contributed by atoms with E-state index in [0.717, 1.165) is 14.9 Å². The second kappa shape index (κ2) is 7.10. The highest BCUT2D eigenvalue weighted by atomic mass is 79.9. The Hall–Kier alpha value is -2.58. The molecule has 2 aliphatic rings. The molecular weight excluding hydrogens is 428 g/mol. The quantitative estimate of drug-likeness (QED) is 0.689. The Bertz CT molecular complexity index is 950. The lowest BCUT2D eigenvalue weighted by Gasteiger charge is -2.23. The average Bonchev–Trinajstić information content (AvgIpc) is 3.19. The Morgan fingerprint density at radius 3 is 2.79 bits per heavy atom. The third kappa shape index (κ3) is 3.45. The molecule has 2 aliphatic heterocycles. The van der Waals surface area contributed by atoms with Crippen molar-refractivity contribution in [3.05, 3.63) is 58.1 Å². The standard InChI is InChI=1S/C20H19BrN2O5/c1-20(9-12-5-6-16-17(7-12)28-11-27-16)18(25)23(19(26)22-20)10-15(24)13-3-2-4-14(21)8-13/h2-8,15,24H,9-11H2,1H3,(H,22,26)/t15-,20+/m1/s1. The highest BCUT2D eigenvalue weighted by molar-refractivity contribution is 9.10. The topological polar surface area (TPSA) is 88.1 Å². The molecule has 2 atom stereocenters. The highest BCUT2D eigenvalue weighted by Crippen LogP contribution is 2.34. The number of aliphatic hydroxyl groups excluding tert-OH is 1. The number of aliphatic hydroxyl groups is 1. The number of urea groups is 1. The van der Waals surface area contributed by atoms with E-state index in [1.807, 2.05) is 18.2 Å². The Kier molecular flexibility index (Phi) is 4.76. The molecule has 7 nitrogen and oxygen atoms in total. The van der Waals surface area contributed by atoms with E-state index in [-0.39, 0.29) is 19.2 Å². The molecule has 3 amide bonds. The van der Waals surface area contributed by atoms with Gasteiger partial charge in [0.1, 0.15) is 5.54 Å². The normalized spacial score (nSPS) is 21.8. The first-order valence-electron chi connectivity index (χ1n) is 8.82. The first kappa shape index (κ1) is 18.8. The van der Waals surface area contributed by atoms with Crippen molar-refractivity contribution in [1.29, 1.82) is 0 Å². The maximum absolute atomic E-state index is 13.0. The summed E-state index contributed by atoms with van der Waals surface area (Å²) in [6.07, 6.45) is -0.669. The molecule has 146 valence electrons. The number of carbonyl (C=O) groups is 2. The lowest BCUT2D eigenvalue weighted by molar-refractivity contribution is -0.131. The molecule has 4 rings (SSSR count). The van der Waals surface area contributed by atoms with Gasteiger partial charge in [-0.1, -0.05) is 34.1 Å². The van der Waals surface area contributed by atoms with E-state index in [2.05, 4.69) is 21.2 Å². The lowest BCUT2D eigenvalue weighted by atomic mass is 9.92. The van der Waals surface area contributed by atoms with Crippen LogP contribution in [0, 0.1) is 0 Å². The monoisotopic (exact) mass is 446 g/mol. The van der Waals surface area contributed by atoms with Crippen LogP contribution in [0.3, 0.4) is 0 Å². The van der Waals surface area contributed by atoms with Gasteiger partial charge in [0, 0.05) is 10.9 Å². The van der Waals surface area contributed by atoms with Gasteiger partial charge in [-0.2, -0.15) is 0 Å². The van der Waals surface area contributed by atoms with Gasteiger partial charge in [-0.05, 0) is 42.3 Å². The number of fused-ring (bicyclic) bond motifs is 1. The number of halogens is 1. The Balaban J connectivity index is 1.49. The van der Waals surface area contributed by atoms with Crippen molar-refractivity contribution < 1.29 is 24.2 Å². The zero-order chi connectivity index (χ0) is 19.9. The van der Waals surface area contributed by atoms with Crippen LogP contribution in [-0.4, -0.2) is 40.8 Å². The summed E-state index contributed by atoms with van der Waals surface area (Å²) < 4.78 is 11.5. The van der Waals surface area contributed by atoms with Gasteiger partial charge in [0.15, 0.2) is 11.5 Å². The van der Waals surface area contributed by atoms with Crippen LogP contribution in [0.4, 0.5) is 4.79 Å². The van der Waals surface area contributed by atoms with Gasteiger partial charge in [0.2, 0.25) is 6.79 Å². The van der Waals surface area contributed by atoms with Gasteiger partial charge in [-0.25, -0.2) is 4.79 Å². The van der Waals surface area contributed by atoms with E-state index < -0.39 is 17.7 Å². The van der Waals surface area contributed by atoms with Crippen LogP contribution >= 0.6 is 15.9 Å². The number of benzene rings is 2. The minimum absolute atomic E-state index is 0.113. The lowest BCUT2D eigenvalue weighted by Crippen LogP contribution is -2.46.